The first kappa shape index (κ1) is 13.6. The van der Waals surface area contributed by atoms with E-state index < -0.39 is 9.84 Å². The standard InChI is InChI=1S/C13H16O3S/c1-4-6-17(14,15)7-5-16-13-9-11(2)8-12(3)10-13/h1,8-10H,5-7H2,2-3H3. The van der Waals surface area contributed by atoms with Crippen LogP contribution < -0.4 is 4.74 Å². The van der Waals surface area contributed by atoms with Gasteiger partial charge in [-0.1, -0.05) is 12.0 Å². The third-order valence-corrected chi connectivity index (χ3v) is 3.56. The van der Waals surface area contributed by atoms with Crippen LogP contribution in [-0.4, -0.2) is 26.5 Å². The lowest BCUT2D eigenvalue weighted by atomic mass is 10.1. The SMILES string of the molecule is C#CCS(=O)(=O)CCOc1cc(C)cc(C)c1. The molecule has 0 saturated carbocycles. The molecule has 0 spiro atoms. The Morgan fingerprint density at radius 2 is 1.82 bits per heavy atom. The molecule has 0 heterocycles. The first-order chi connectivity index (χ1) is 7.93. The highest BCUT2D eigenvalue weighted by atomic mass is 32.2. The fraction of sp³-hybridized carbons (Fsp3) is 0.385. The molecule has 0 aliphatic heterocycles. The highest BCUT2D eigenvalue weighted by Crippen LogP contribution is 2.16. The van der Waals surface area contributed by atoms with Crippen LogP contribution in [0, 0.1) is 26.2 Å². The fourth-order valence-electron chi connectivity index (χ4n) is 1.50. The Morgan fingerprint density at radius 1 is 1.24 bits per heavy atom. The molecule has 92 valence electrons. The summed E-state index contributed by atoms with van der Waals surface area (Å²) >= 11 is 0. The van der Waals surface area contributed by atoms with Gasteiger partial charge in [-0.25, -0.2) is 8.42 Å². The number of benzene rings is 1. The lowest BCUT2D eigenvalue weighted by molar-refractivity contribution is 0.340. The first-order valence-corrected chi connectivity index (χ1v) is 7.10. The van der Waals surface area contributed by atoms with Crippen molar-refractivity contribution in [3.05, 3.63) is 29.3 Å². The quantitative estimate of drug-likeness (QED) is 0.750. The summed E-state index contributed by atoms with van der Waals surface area (Å²) in [5.74, 6) is 2.54. The molecule has 1 aromatic rings. The van der Waals surface area contributed by atoms with Gasteiger partial charge in [0, 0.05) is 0 Å². The average Bonchev–Trinajstić information content (AvgIpc) is 2.15. The Balaban J connectivity index is 2.55. The average molecular weight is 252 g/mol. The van der Waals surface area contributed by atoms with Crippen LogP contribution in [-0.2, 0) is 9.84 Å². The Morgan fingerprint density at radius 3 is 2.35 bits per heavy atom. The normalized spacial score (nSPS) is 10.9. The summed E-state index contributed by atoms with van der Waals surface area (Å²) in [6, 6.07) is 5.78. The van der Waals surface area contributed by atoms with Gasteiger partial charge in [-0.15, -0.1) is 6.42 Å². The molecule has 4 heteroatoms. The zero-order valence-electron chi connectivity index (χ0n) is 10.1. The molecule has 0 aromatic heterocycles. The van der Waals surface area contributed by atoms with E-state index in [1.54, 1.807) is 0 Å². The zero-order valence-corrected chi connectivity index (χ0v) is 10.9. The molecule has 0 N–H and O–H groups in total. The third kappa shape index (κ3) is 4.92. The number of terminal acetylenes is 1. The lowest BCUT2D eigenvalue weighted by Gasteiger charge is -2.07. The van der Waals surface area contributed by atoms with Crippen LogP contribution in [0.4, 0.5) is 0 Å². The maximum Gasteiger partial charge on any atom is 0.164 e. The van der Waals surface area contributed by atoms with Crippen LogP contribution in [0.3, 0.4) is 0 Å². The van der Waals surface area contributed by atoms with E-state index >= 15 is 0 Å². The van der Waals surface area contributed by atoms with Crippen molar-refractivity contribution in [1.29, 1.82) is 0 Å². The number of hydrogen-bond acceptors (Lipinski definition) is 3. The summed E-state index contributed by atoms with van der Waals surface area (Å²) in [6.45, 7) is 4.07. The molecular weight excluding hydrogens is 236 g/mol. The van der Waals surface area contributed by atoms with Crippen molar-refractivity contribution in [3.8, 4) is 18.1 Å². The van der Waals surface area contributed by atoms with Gasteiger partial charge in [0.15, 0.2) is 9.84 Å². The van der Waals surface area contributed by atoms with Gasteiger partial charge in [0.05, 0.1) is 5.75 Å². The molecule has 0 unspecified atom stereocenters. The fourth-order valence-corrected chi connectivity index (χ4v) is 2.24. The van der Waals surface area contributed by atoms with Gasteiger partial charge in [-0.05, 0) is 37.1 Å². The number of hydrogen-bond donors (Lipinski definition) is 0. The lowest BCUT2D eigenvalue weighted by Crippen LogP contribution is -2.16. The third-order valence-electron chi connectivity index (χ3n) is 2.16. The Labute approximate surface area is 103 Å². The second kappa shape index (κ2) is 5.74. The number of ether oxygens (including phenoxy) is 1. The molecule has 1 aromatic carbocycles. The minimum atomic E-state index is -3.18. The van der Waals surface area contributed by atoms with E-state index in [0.717, 1.165) is 11.1 Å². The first-order valence-electron chi connectivity index (χ1n) is 5.28. The predicted octanol–water partition coefficient (Wildman–Crippen LogP) is 1.73. The van der Waals surface area contributed by atoms with Gasteiger partial charge < -0.3 is 4.74 Å². The summed E-state index contributed by atoms with van der Waals surface area (Å²) in [5, 5.41) is 0. The van der Waals surface area contributed by atoms with Crippen LogP contribution in [0.1, 0.15) is 11.1 Å². The zero-order chi connectivity index (χ0) is 12.9. The number of rotatable bonds is 5. The smallest absolute Gasteiger partial charge is 0.164 e. The van der Waals surface area contributed by atoms with Crippen LogP contribution in [0.15, 0.2) is 18.2 Å². The number of aryl methyl sites for hydroxylation is 2. The summed E-state index contributed by atoms with van der Waals surface area (Å²) in [4.78, 5) is 0. The highest BCUT2D eigenvalue weighted by Gasteiger charge is 2.08. The summed E-state index contributed by atoms with van der Waals surface area (Å²) in [5.41, 5.74) is 2.18. The van der Waals surface area contributed by atoms with E-state index in [1.807, 2.05) is 32.0 Å². The van der Waals surface area contributed by atoms with Crippen molar-refractivity contribution in [2.75, 3.05) is 18.1 Å². The molecule has 0 saturated heterocycles. The van der Waals surface area contributed by atoms with Crippen molar-refractivity contribution < 1.29 is 13.2 Å². The molecule has 0 amide bonds. The second-order valence-corrected chi connectivity index (χ2v) is 6.15. The Hall–Kier alpha value is -1.47. The van der Waals surface area contributed by atoms with Gasteiger partial charge in [-0.2, -0.15) is 0 Å². The molecule has 17 heavy (non-hydrogen) atoms. The van der Waals surface area contributed by atoms with Crippen LogP contribution in [0.5, 0.6) is 5.75 Å². The van der Waals surface area contributed by atoms with Gasteiger partial charge >= 0.3 is 0 Å². The summed E-state index contributed by atoms with van der Waals surface area (Å²) in [7, 11) is -3.18. The van der Waals surface area contributed by atoms with Crippen molar-refractivity contribution in [3.63, 3.8) is 0 Å². The molecule has 0 bridgehead atoms. The Kier molecular flexibility index (Phi) is 4.59. The molecule has 1 rings (SSSR count). The van der Waals surface area contributed by atoms with Crippen molar-refractivity contribution in [1.82, 2.24) is 0 Å². The minimum Gasteiger partial charge on any atom is -0.493 e. The second-order valence-electron chi connectivity index (χ2n) is 3.97. The molecule has 3 nitrogen and oxygen atoms in total. The molecule has 0 aliphatic carbocycles. The molecular formula is C13H16O3S. The molecule has 0 aliphatic rings. The monoisotopic (exact) mass is 252 g/mol. The maximum atomic E-state index is 11.3. The minimum absolute atomic E-state index is 0.0514. The van der Waals surface area contributed by atoms with Crippen molar-refractivity contribution >= 4 is 9.84 Å². The summed E-state index contributed by atoms with van der Waals surface area (Å²) < 4.78 is 28.1. The van der Waals surface area contributed by atoms with E-state index in [-0.39, 0.29) is 18.1 Å². The van der Waals surface area contributed by atoms with Gasteiger partial charge in [-0.3, -0.25) is 0 Å². The summed E-state index contributed by atoms with van der Waals surface area (Å²) in [6.07, 6.45) is 4.97. The van der Waals surface area contributed by atoms with Gasteiger partial charge in [0.25, 0.3) is 0 Å². The van der Waals surface area contributed by atoms with Gasteiger partial charge in [0.1, 0.15) is 18.1 Å². The van der Waals surface area contributed by atoms with E-state index in [2.05, 4.69) is 5.92 Å². The van der Waals surface area contributed by atoms with E-state index in [0.29, 0.717) is 5.75 Å². The van der Waals surface area contributed by atoms with Crippen LogP contribution in [0.25, 0.3) is 0 Å². The highest BCUT2D eigenvalue weighted by molar-refractivity contribution is 7.91. The maximum absolute atomic E-state index is 11.3. The van der Waals surface area contributed by atoms with E-state index in [4.69, 9.17) is 11.2 Å². The predicted molar refractivity (Wildman–Crippen MR) is 68.9 cm³/mol. The largest absolute Gasteiger partial charge is 0.493 e. The van der Waals surface area contributed by atoms with E-state index in [9.17, 15) is 8.42 Å². The molecule has 0 atom stereocenters. The van der Waals surface area contributed by atoms with Gasteiger partial charge in [0.2, 0.25) is 0 Å². The number of sulfone groups is 1. The van der Waals surface area contributed by atoms with E-state index in [1.165, 1.54) is 0 Å². The van der Waals surface area contributed by atoms with Crippen LogP contribution in [0.2, 0.25) is 0 Å². The molecule has 0 fully saturated rings. The topological polar surface area (TPSA) is 43.4 Å². The van der Waals surface area contributed by atoms with Crippen molar-refractivity contribution in [2.45, 2.75) is 13.8 Å². The Bertz CT molecular complexity index is 504. The van der Waals surface area contributed by atoms with Crippen molar-refractivity contribution in [2.24, 2.45) is 0 Å². The van der Waals surface area contributed by atoms with Crippen LogP contribution >= 0.6 is 0 Å². The molecule has 0 radical (unpaired) electrons.